The van der Waals surface area contributed by atoms with Gasteiger partial charge in [0.05, 0.1) is 10.6 Å². The van der Waals surface area contributed by atoms with E-state index in [-0.39, 0.29) is 17.3 Å². The molecule has 0 saturated heterocycles. The lowest BCUT2D eigenvalue weighted by Gasteiger charge is -2.35. The summed E-state index contributed by atoms with van der Waals surface area (Å²) in [6.45, 7) is 12.9. The van der Waals surface area contributed by atoms with E-state index < -0.39 is 34.1 Å². The number of nitrogens with zero attached hydrogens (tertiary/aromatic N) is 2. The van der Waals surface area contributed by atoms with Crippen LogP contribution in [0.5, 0.6) is 0 Å². The van der Waals surface area contributed by atoms with E-state index in [0.29, 0.717) is 17.1 Å². The maximum atomic E-state index is 14.2. The Hall–Kier alpha value is -3.36. The van der Waals surface area contributed by atoms with Crippen molar-refractivity contribution in [3.8, 4) is 0 Å². The molecule has 7 nitrogen and oxygen atoms in total. The van der Waals surface area contributed by atoms with Crippen molar-refractivity contribution in [2.75, 3.05) is 10.8 Å². The number of halogens is 1. The topological polar surface area (TPSA) is 86.8 Å². The van der Waals surface area contributed by atoms with Crippen molar-refractivity contribution in [1.29, 1.82) is 0 Å². The Balaban J connectivity index is 2.09. The van der Waals surface area contributed by atoms with Crippen LogP contribution in [-0.2, 0) is 26.2 Å². The molecule has 0 aliphatic heterocycles. The van der Waals surface area contributed by atoms with E-state index in [1.807, 2.05) is 78.8 Å². The van der Waals surface area contributed by atoms with E-state index in [1.165, 1.54) is 29.2 Å². The SMILES string of the molecule is CC[C@@H](C(=O)NC(C)(C)C)N(Cc1ccc(C)cc1)C(=O)CN(c1ccc(C)c(C)c1)S(=O)(=O)c1ccc(Cl)cc1. The van der Waals surface area contributed by atoms with Gasteiger partial charge in [-0.3, -0.25) is 13.9 Å². The Morgan fingerprint density at radius 3 is 2.05 bits per heavy atom. The van der Waals surface area contributed by atoms with Gasteiger partial charge in [-0.1, -0.05) is 54.4 Å². The van der Waals surface area contributed by atoms with Gasteiger partial charge >= 0.3 is 0 Å². The zero-order chi connectivity index (χ0) is 30.5. The summed E-state index contributed by atoms with van der Waals surface area (Å²) in [5.41, 5.74) is 3.64. The van der Waals surface area contributed by atoms with Crippen molar-refractivity contribution in [3.63, 3.8) is 0 Å². The zero-order valence-electron chi connectivity index (χ0n) is 24.9. The predicted octanol–water partition coefficient (Wildman–Crippen LogP) is 6.18. The molecule has 1 atom stereocenters. The number of benzene rings is 3. The molecule has 3 rings (SSSR count). The standard InChI is InChI=1S/C32H40ClN3O4S/c1-8-29(31(38)34-32(5,6)7)35(20-25-12-9-22(2)10-13-25)30(37)21-36(27-16-11-23(3)24(4)19-27)41(39,40)28-17-14-26(33)15-18-28/h9-19,29H,8,20-21H2,1-7H3,(H,34,38)/t29-/m0/s1. The van der Waals surface area contributed by atoms with Crippen LogP contribution in [0.1, 0.15) is 56.4 Å². The molecule has 0 unspecified atom stereocenters. The van der Waals surface area contributed by atoms with Crippen LogP contribution in [0.25, 0.3) is 0 Å². The smallest absolute Gasteiger partial charge is 0.264 e. The van der Waals surface area contributed by atoms with Gasteiger partial charge in [0.1, 0.15) is 12.6 Å². The van der Waals surface area contributed by atoms with Crippen LogP contribution in [0.3, 0.4) is 0 Å². The molecular weight excluding hydrogens is 558 g/mol. The van der Waals surface area contributed by atoms with E-state index in [1.54, 1.807) is 12.1 Å². The normalized spacial score (nSPS) is 12.5. The summed E-state index contributed by atoms with van der Waals surface area (Å²) in [4.78, 5) is 29.1. The molecule has 0 aliphatic carbocycles. The van der Waals surface area contributed by atoms with Gasteiger partial charge in [-0.2, -0.15) is 0 Å². The Kier molecular flexibility index (Phi) is 10.3. The average Bonchev–Trinajstić information content (AvgIpc) is 2.89. The minimum atomic E-state index is -4.16. The van der Waals surface area contributed by atoms with Crippen LogP contribution in [0.15, 0.2) is 71.6 Å². The molecule has 3 aromatic rings. The fourth-order valence-corrected chi connectivity index (χ4v) is 5.94. The van der Waals surface area contributed by atoms with Gasteiger partial charge in [-0.15, -0.1) is 0 Å². The maximum absolute atomic E-state index is 14.2. The van der Waals surface area contributed by atoms with Gasteiger partial charge in [0, 0.05) is 17.1 Å². The zero-order valence-corrected chi connectivity index (χ0v) is 26.4. The van der Waals surface area contributed by atoms with Crippen LogP contribution < -0.4 is 9.62 Å². The first-order valence-corrected chi connectivity index (χ1v) is 15.5. The molecule has 41 heavy (non-hydrogen) atoms. The summed E-state index contributed by atoms with van der Waals surface area (Å²) in [6, 6.07) is 18.0. The molecule has 220 valence electrons. The van der Waals surface area contributed by atoms with E-state index >= 15 is 0 Å². The lowest BCUT2D eigenvalue weighted by molar-refractivity contribution is -0.141. The molecule has 0 heterocycles. The Bertz CT molecular complexity index is 1480. The summed E-state index contributed by atoms with van der Waals surface area (Å²) in [7, 11) is -4.16. The molecule has 0 saturated carbocycles. The molecule has 0 aromatic heterocycles. The average molecular weight is 598 g/mol. The first-order chi connectivity index (χ1) is 19.1. The highest BCUT2D eigenvalue weighted by Gasteiger charge is 2.34. The number of aryl methyl sites for hydroxylation is 3. The molecule has 3 aromatic carbocycles. The Morgan fingerprint density at radius 2 is 1.51 bits per heavy atom. The van der Waals surface area contributed by atoms with Gasteiger partial charge < -0.3 is 10.2 Å². The first-order valence-electron chi connectivity index (χ1n) is 13.6. The maximum Gasteiger partial charge on any atom is 0.264 e. The molecule has 2 amide bonds. The molecule has 0 aliphatic rings. The van der Waals surface area contributed by atoms with E-state index in [4.69, 9.17) is 11.6 Å². The van der Waals surface area contributed by atoms with Gasteiger partial charge in [0.2, 0.25) is 11.8 Å². The third-order valence-electron chi connectivity index (χ3n) is 6.82. The van der Waals surface area contributed by atoms with E-state index in [2.05, 4.69) is 5.32 Å². The highest BCUT2D eigenvalue weighted by atomic mass is 35.5. The number of rotatable bonds is 10. The fourth-order valence-electron chi connectivity index (χ4n) is 4.41. The van der Waals surface area contributed by atoms with Crippen LogP contribution in [0.4, 0.5) is 5.69 Å². The molecule has 0 fully saturated rings. The quantitative estimate of drug-likeness (QED) is 0.302. The lowest BCUT2D eigenvalue weighted by Crippen LogP contribution is -2.55. The number of carbonyl (C=O) groups excluding carboxylic acids is 2. The van der Waals surface area contributed by atoms with Crippen LogP contribution >= 0.6 is 11.6 Å². The molecule has 0 spiro atoms. The van der Waals surface area contributed by atoms with E-state index in [0.717, 1.165) is 26.6 Å². The Morgan fingerprint density at radius 1 is 0.902 bits per heavy atom. The van der Waals surface area contributed by atoms with Crippen LogP contribution in [0, 0.1) is 20.8 Å². The van der Waals surface area contributed by atoms with Gasteiger partial charge in [-0.25, -0.2) is 8.42 Å². The minimum absolute atomic E-state index is 0.00975. The number of hydrogen-bond acceptors (Lipinski definition) is 4. The van der Waals surface area contributed by atoms with Crippen LogP contribution in [0.2, 0.25) is 5.02 Å². The molecular formula is C32H40ClN3O4S. The molecule has 1 N–H and O–H groups in total. The largest absolute Gasteiger partial charge is 0.350 e. The summed E-state index contributed by atoms with van der Waals surface area (Å²) < 4.78 is 29.1. The summed E-state index contributed by atoms with van der Waals surface area (Å²) in [5.74, 6) is -0.781. The molecule has 0 bridgehead atoms. The third kappa shape index (κ3) is 8.33. The number of carbonyl (C=O) groups is 2. The molecule has 9 heteroatoms. The number of anilines is 1. The van der Waals surface area contributed by atoms with Crippen molar-refractivity contribution < 1.29 is 18.0 Å². The monoisotopic (exact) mass is 597 g/mol. The van der Waals surface area contributed by atoms with Crippen molar-refractivity contribution in [2.45, 2.75) is 77.9 Å². The first kappa shape index (κ1) is 32.2. The van der Waals surface area contributed by atoms with Gasteiger partial charge in [0.15, 0.2) is 0 Å². The second-order valence-corrected chi connectivity index (χ2v) is 13.7. The van der Waals surface area contributed by atoms with Gasteiger partial charge in [-0.05, 0) is 101 Å². The summed E-state index contributed by atoms with van der Waals surface area (Å²) in [5, 5.41) is 3.38. The molecule has 0 radical (unpaired) electrons. The lowest BCUT2D eigenvalue weighted by atomic mass is 10.1. The second kappa shape index (κ2) is 13.1. The van der Waals surface area contributed by atoms with Gasteiger partial charge in [0.25, 0.3) is 10.0 Å². The third-order valence-corrected chi connectivity index (χ3v) is 8.86. The van der Waals surface area contributed by atoms with Crippen molar-refractivity contribution in [3.05, 3.63) is 94.0 Å². The van der Waals surface area contributed by atoms with Crippen molar-refractivity contribution in [1.82, 2.24) is 10.2 Å². The second-order valence-electron chi connectivity index (χ2n) is 11.4. The number of sulfonamides is 1. The minimum Gasteiger partial charge on any atom is -0.350 e. The van der Waals surface area contributed by atoms with Crippen molar-refractivity contribution in [2.24, 2.45) is 0 Å². The number of nitrogens with one attached hydrogen (secondary N) is 1. The van der Waals surface area contributed by atoms with Crippen LogP contribution in [-0.4, -0.2) is 43.3 Å². The number of amides is 2. The highest BCUT2D eigenvalue weighted by Crippen LogP contribution is 2.27. The predicted molar refractivity (Wildman–Crippen MR) is 166 cm³/mol. The summed E-state index contributed by atoms with van der Waals surface area (Å²) >= 11 is 6.03. The highest BCUT2D eigenvalue weighted by molar-refractivity contribution is 7.92. The van der Waals surface area contributed by atoms with Crippen molar-refractivity contribution >= 4 is 39.1 Å². The fraction of sp³-hybridized carbons (Fsp3) is 0.375. The Labute approximate surface area is 249 Å². The summed E-state index contributed by atoms with van der Waals surface area (Å²) in [6.07, 6.45) is 0.354. The number of hydrogen-bond donors (Lipinski definition) is 1. The van der Waals surface area contributed by atoms with E-state index in [9.17, 15) is 18.0 Å².